The lowest BCUT2D eigenvalue weighted by Crippen LogP contribution is -2.44. The van der Waals surface area contributed by atoms with Gasteiger partial charge in [0.1, 0.15) is 23.4 Å². The molecule has 2 aromatic rings. The van der Waals surface area contributed by atoms with E-state index in [1.165, 1.54) is 19.3 Å². The summed E-state index contributed by atoms with van der Waals surface area (Å²) in [5.41, 5.74) is 0. The molecule has 0 saturated carbocycles. The lowest BCUT2D eigenvalue weighted by atomic mass is 10.0. The van der Waals surface area contributed by atoms with E-state index in [4.69, 9.17) is 9.47 Å². The van der Waals surface area contributed by atoms with E-state index in [9.17, 15) is 0 Å². The van der Waals surface area contributed by atoms with Crippen LogP contribution in [0.2, 0.25) is 0 Å². The van der Waals surface area contributed by atoms with Gasteiger partial charge in [-0.1, -0.05) is 30.7 Å². The van der Waals surface area contributed by atoms with Gasteiger partial charge in [0.2, 0.25) is 0 Å². The monoisotopic (exact) mass is 297 g/mol. The lowest BCUT2D eigenvalue weighted by molar-refractivity contribution is 0.152. The van der Waals surface area contributed by atoms with Crippen LogP contribution in [0.1, 0.15) is 26.2 Å². The van der Waals surface area contributed by atoms with E-state index in [0.717, 1.165) is 23.8 Å². The normalized spacial score (nSPS) is 19.4. The lowest BCUT2D eigenvalue weighted by Gasteiger charge is -2.29. The number of benzene rings is 2. The van der Waals surface area contributed by atoms with Crippen LogP contribution in [0, 0.1) is 0 Å². The topological polar surface area (TPSA) is 30.5 Å². The molecule has 1 heterocycles. The average molecular weight is 297 g/mol. The van der Waals surface area contributed by atoms with Gasteiger partial charge in [0, 0.05) is 12.1 Å². The Labute approximate surface area is 132 Å². The Morgan fingerprint density at radius 3 is 2.50 bits per heavy atom. The van der Waals surface area contributed by atoms with E-state index >= 15 is 0 Å². The van der Waals surface area contributed by atoms with Crippen LogP contribution < -0.4 is 14.8 Å². The summed E-state index contributed by atoms with van der Waals surface area (Å²) in [6.45, 7) is 3.23. The molecule has 1 saturated heterocycles. The number of hydrogen-bond donors (Lipinski definition) is 1. The third kappa shape index (κ3) is 4.01. The Bertz CT molecular complexity index is 579. The first kappa shape index (κ1) is 14.9. The number of nitrogens with one attached hydrogen (secondary N) is 1. The van der Waals surface area contributed by atoms with Crippen molar-refractivity contribution in [3.63, 3.8) is 0 Å². The van der Waals surface area contributed by atoms with Gasteiger partial charge in [-0.2, -0.15) is 0 Å². The van der Waals surface area contributed by atoms with Crippen LogP contribution in [-0.4, -0.2) is 18.7 Å². The predicted octanol–water partition coefficient (Wildman–Crippen LogP) is 4.39. The second-order valence-corrected chi connectivity index (χ2v) is 5.77. The molecule has 2 aromatic carbocycles. The Balaban J connectivity index is 1.63. The van der Waals surface area contributed by atoms with Gasteiger partial charge in [-0.05, 0) is 50.6 Å². The fourth-order valence-electron chi connectivity index (χ4n) is 2.81. The van der Waals surface area contributed by atoms with E-state index in [0.29, 0.717) is 6.04 Å². The maximum absolute atomic E-state index is 6.09. The van der Waals surface area contributed by atoms with Crippen molar-refractivity contribution in [1.82, 2.24) is 5.32 Å². The summed E-state index contributed by atoms with van der Waals surface area (Å²) in [5.74, 6) is 2.49. The van der Waals surface area contributed by atoms with Crippen LogP contribution in [0.3, 0.4) is 0 Å². The predicted molar refractivity (Wildman–Crippen MR) is 88.7 cm³/mol. The molecule has 0 aromatic heterocycles. The quantitative estimate of drug-likeness (QED) is 0.888. The van der Waals surface area contributed by atoms with Gasteiger partial charge in [0.25, 0.3) is 0 Å². The van der Waals surface area contributed by atoms with E-state index < -0.39 is 0 Å². The summed E-state index contributed by atoms with van der Waals surface area (Å²) in [4.78, 5) is 0. The highest BCUT2D eigenvalue weighted by atomic mass is 16.5. The molecule has 1 aliphatic rings. The van der Waals surface area contributed by atoms with Crippen molar-refractivity contribution in [3.05, 3.63) is 54.6 Å². The van der Waals surface area contributed by atoms with Gasteiger partial charge in [0.15, 0.2) is 0 Å². The van der Waals surface area contributed by atoms with Crippen LogP contribution in [0.15, 0.2) is 54.6 Å². The van der Waals surface area contributed by atoms with Crippen molar-refractivity contribution < 1.29 is 9.47 Å². The summed E-state index contributed by atoms with van der Waals surface area (Å²) in [6.07, 6.45) is 3.89. The van der Waals surface area contributed by atoms with Crippen LogP contribution in [-0.2, 0) is 0 Å². The van der Waals surface area contributed by atoms with Crippen molar-refractivity contribution >= 4 is 0 Å². The van der Waals surface area contributed by atoms with Crippen molar-refractivity contribution in [2.24, 2.45) is 0 Å². The largest absolute Gasteiger partial charge is 0.489 e. The maximum atomic E-state index is 6.09. The van der Waals surface area contributed by atoms with Crippen LogP contribution in [0.4, 0.5) is 0 Å². The van der Waals surface area contributed by atoms with Gasteiger partial charge in [-0.3, -0.25) is 0 Å². The molecule has 3 nitrogen and oxygen atoms in total. The van der Waals surface area contributed by atoms with Crippen molar-refractivity contribution in [3.8, 4) is 17.2 Å². The minimum atomic E-state index is 0.160. The molecule has 0 aliphatic carbocycles. The molecule has 0 spiro atoms. The third-order valence-electron chi connectivity index (χ3n) is 4.02. The molecule has 116 valence electrons. The Hall–Kier alpha value is -2.00. The maximum Gasteiger partial charge on any atom is 0.131 e. The summed E-state index contributed by atoms with van der Waals surface area (Å²) in [6, 6.07) is 18.1. The molecular formula is C19H23NO2. The van der Waals surface area contributed by atoms with Gasteiger partial charge in [-0.25, -0.2) is 0 Å². The Morgan fingerprint density at radius 2 is 1.73 bits per heavy atom. The first-order chi connectivity index (χ1) is 10.8. The van der Waals surface area contributed by atoms with E-state index in [1.807, 2.05) is 54.6 Å². The average Bonchev–Trinajstić information content (AvgIpc) is 2.57. The molecular weight excluding hydrogens is 274 g/mol. The Morgan fingerprint density at radius 1 is 0.955 bits per heavy atom. The van der Waals surface area contributed by atoms with Crippen molar-refractivity contribution in [2.75, 3.05) is 6.54 Å². The van der Waals surface area contributed by atoms with E-state index in [1.54, 1.807) is 0 Å². The van der Waals surface area contributed by atoms with E-state index in [2.05, 4.69) is 12.2 Å². The second kappa shape index (κ2) is 7.32. The highest BCUT2D eigenvalue weighted by Gasteiger charge is 2.20. The SMILES string of the molecule is CC(Oc1cccc(Oc2ccccc2)c1)C1CCCCN1. The highest BCUT2D eigenvalue weighted by Crippen LogP contribution is 2.26. The first-order valence-corrected chi connectivity index (χ1v) is 8.04. The van der Waals surface area contributed by atoms with Crippen LogP contribution in [0.5, 0.6) is 17.2 Å². The molecule has 1 aliphatic heterocycles. The summed E-state index contributed by atoms with van der Waals surface area (Å²) in [5, 5.41) is 3.54. The number of piperidine rings is 1. The molecule has 1 fully saturated rings. The van der Waals surface area contributed by atoms with E-state index in [-0.39, 0.29) is 6.10 Å². The zero-order valence-electron chi connectivity index (χ0n) is 13.0. The summed E-state index contributed by atoms with van der Waals surface area (Å²) in [7, 11) is 0. The van der Waals surface area contributed by atoms with Crippen LogP contribution >= 0.6 is 0 Å². The fraction of sp³-hybridized carbons (Fsp3) is 0.368. The van der Waals surface area contributed by atoms with Crippen LogP contribution in [0.25, 0.3) is 0 Å². The molecule has 1 N–H and O–H groups in total. The second-order valence-electron chi connectivity index (χ2n) is 5.77. The number of para-hydroxylation sites is 1. The van der Waals surface area contributed by atoms with Gasteiger partial charge >= 0.3 is 0 Å². The molecule has 2 atom stereocenters. The van der Waals surface area contributed by atoms with Crippen molar-refractivity contribution in [1.29, 1.82) is 0 Å². The molecule has 22 heavy (non-hydrogen) atoms. The number of ether oxygens (including phenoxy) is 2. The Kier molecular flexibility index (Phi) is 4.96. The minimum Gasteiger partial charge on any atom is -0.489 e. The molecule has 0 amide bonds. The zero-order valence-corrected chi connectivity index (χ0v) is 13.0. The first-order valence-electron chi connectivity index (χ1n) is 8.04. The molecule has 0 radical (unpaired) electrons. The number of hydrogen-bond acceptors (Lipinski definition) is 3. The molecule has 3 heteroatoms. The summed E-state index contributed by atoms with van der Waals surface area (Å²) >= 11 is 0. The van der Waals surface area contributed by atoms with Gasteiger partial charge in [0.05, 0.1) is 0 Å². The molecule has 2 unspecified atom stereocenters. The van der Waals surface area contributed by atoms with Gasteiger partial charge in [-0.15, -0.1) is 0 Å². The fourth-order valence-corrected chi connectivity index (χ4v) is 2.81. The third-order valence-corrected chi connectivity index (χ3v) is 4.02. The smallest absolute Gasteiger partial charge is 0.131 e. The highest BCUT2D eigenvalue weighted by molar-refractivity contribution is 5.36. The summed E-state index contributed by atoms with van der Waals surface area (Å²) < 4.78 is 11.9. The zero-order chi connectivity index (χ0) is 15.2. The number of rotatable bonds is 5. The minimum absolute atomic E-state index is 0.160. The van der Waals surface area contributed by atoms with Gasteiger partial charge < -0.3 is 14.8 Å². The van der Waals surface area contributed by atoms with Crippen molar-refractivity contribution in [2.45, 2.75) is 38.3 Å². The molecule has 3 rings (SSSR count). The standard InChI is InChI=1S/C19H23NO2/c1-15(19-12-5-6-13-20-19)21-17-10-7-11-18(14-17)22-16-8-3-2-4-9-16/h2-4,7-11,14-15,19-20H,5-6,12-13H2,1H3. The molecule has 0 bridgehead atoms.